The maximum atomic E-state index is 12.3. The zero-order chi connectivity index (χ0) is 13.0. The fourth-order valence-corrected chi connectivity index (χ4v) is 2.65. The van der Waals surface area contributed by atoms with E-state index in [-0.39, 0.29) is 24.4 Å². The number of thioether (sulfide) groups is 1. The number of aryl methyl sites for hydroxylation is 1. The Labute approximate surface area is 125 Å². The lowest BCUT2D eigenvalue weighted by molar-refractivity contribution is 0.0930. The first-order valence-corrected chi connectivity index (χ1v) is 7.59. The Kier molecular flexibility index (Phi) is 6.69. The monoisotopic (exact) mass is 300 g/mol. The maximum absolute atomic E-state index is 12.3. The number of amides is 1. The number of piperidine rings is 1. The molecular weight excluding hydrogens is 280 g/mol. The second-order valence-electron chi connectivity index (χ2n) is 4.70. The largest absolute Gasteiger partial charge is 0.348 e. The zero-order valence-electron chi connectivity index (χ0n) is 11.4. The number of halogens is 1. The molecule has 0 aliphatic carbocycles. The maximum Gasteiger partial charge on any atom is 0.251 e. The number of nitrogens with one attached hydrogen (secondary N) is 2. The van der Waals surface area contributed by atoms with Crippen LogP contribution in [0.25, 0.3) is 0 Å². The van der Waals surface area contributed by atoms with Gasteiger partial charge in [0.05, 0.1) is 0 Å². The van der Waals surface area contributed by atoms with Gasteiger partial charge in [0.1, 0.15) is 0 Å². The van der Waals surface area contributed by atoms with Crippen molar-refractivity contribution in [3.05, 3.63) is 29.3 Å². The molecule has 0 radical (unpaired) electrons. The highest BCUT2D eigenvalue weighted by molar-refractivity contribution is 7.98. The first-order chi connectivity index (χ1) is 8.70. The molecule has 2 rings (SSSR count). The summed E-state index contributed by atoms with van der Waals surface area (Å²) in [6, 6.07) is 6.31. The Morgan fingerprint density at radius 3 is 2.89 bits per heavy atom. The van der Waals surface area contributed by atoms with E-state index in [0.29, 0.717) is 0 Å². The Morgan fingerprint density at radius 1 is 1.47 bits per heavy atom. The van der Waals surface area contributed by atoms with E-state index in [1.807, 2.05) is 25.3 Å². The molecule has 0 bridgehead atoms. The number of hydrogen-bond acceptors (Lipinski definition) is 3. The second-order valence-corrected chi connectivity index (χ2v) is 5.58. The molecule has 0 aromatic heterocycles. The summed E-state index contributed by atoms with van der Waals surface area (Å²) in [4.78, 5) is 13.4. The molecule has 106 valence electrons. The average molecular weight is 301 g/mol. The van der Waals surface area contributed by atoms with Crippen LogP contribution in [0.5, 0.6) is 0 Å². The molecule has 1 aromatic carbocycles. The summed E-state index contributed by atoms with van der Waals surface area (Å²) in [5, 5.41) is 6.43. The molecule has 2 N–H and O–H groups in total. The van der Waals surface area contributed by atoms with Gasteiger partial charge in [0.25, 0.3) is 5.91 Å². The molecule has 1 unspecified atom stereocenters. The smallest absolute Gasteiger partial charge is 0.251 e. The van der Waals surface area contributed by atoms with E-state index < -0.39 is 0 Å². The standard InChI is InChI=1S/C14H20N2OS.ClH/c1-10-5-6-12(18-2)8-13(10)14(17)16-11-4-3-7-15-9-11;/h5-6,8,11,15H,3-4,7,9H2,1-2H3,(H,16,17);1H. The molecule has 1 aromatic rings. The molecule has 1 saturated heterocycles. The van der Waals surface area contributed by atoms with Gasteiger partial charge in [-0.2, -0.15) is 0 Å². The van der Waals surface area contributed by atoms with Crippen LogP contribution in [0.1, 0.15) is 28.8 Å². The van der Waals surface area contributed by atoms with Crippen LogP contribution >= 0.6 is 24.2 Å². The number of rotatable bonds is 3. The van der Waals surface area contributed by atoms with Crippen LogP contribution in [0.3, 0.4) is 0 Å². The predicted octanol–water partition coefficient (Wildman–Crippen LogP) is 2.62. The Balaban J connectivity index is 0.00000180. The van der Waals surface area contributed by atoms with Crippen LogP contribution in [0, 0.1) is 6.92 Å². The van der Waals surface area contributed by atoms with Gasteiger partial charge in [-0.3, -0.25) is 4.79 Å². The zero-order valence-corrected chi connectivity index (χ0v) is 13.0. The lowest BCUT2D eigenvalue weighted by Crippen LogP contribution is -2.45. The minimum absolute atomic E-state index is 0. The van der Waals surface area contributed by atoms with Crippen molar-refractivity contribution >= 4 is 30.1 Å². The summed E-state index contributed by atoms with van der Waals surface area (Å²) in [5.74, 6) is 0.0529. The SMILES string of the molecule is CSc1ccc(C)c(C(=O)NC2CCCNC2)c1.Cl. The Morgan fingerprint density at radius 2 is 2.26 bits per heavy atom. The van der Waals surface area contributed by atoms with E-state index in [1.165, 1.54) is 0 Å². The molecule has 1 heterocycles. The average Bonchev–Trinajstić information content (AvgIpc) is 2.40. The van der Waals surface area contributed by atoms with Crippen molar-refractivity contribution < 1.29 is 4.79 Å². The lowest BCUT2D eigenvalue weighted by atomic mass is 10.1. The van der Waals surface area contributed by atoms with Crippen LogP contribution in [0.2, 0.25) is 0 Å². The van der Waals surface area contributed by atoms with Gasteiger partial charge in [-0.1, -0.05) is 6.07 Å². The fraction of sp³-hybridized carbons (Fsp3) is 0.500. The first kappa shape index (κ1) is 16.3. The molecule has 19 heavy (non-hydrogen) atoms. The van der Waals surface area contributed by atoms with Crippen molar-refractivity contribution in [2.75, 3.05) is 19.3 Å². The molecule has 1 amide bonds. The number of carbonyl (C=O) groups excluding carboxylic acids is 1. The molecule has 1 aliphatic rings. The normalized spacial score (nSPS) is 18.5. The van der Waals surface area contributed by atoms with E-state index in [9.17, 15) is 4.79 Å². The third-order valence-electron chi connectivity index (χ3n) is 3.32. The highest BCUT2D eigenvalue weighted by Gasteiger charge is 2.17. The topological polar surface area (TPSA) is 41.1 Å². The molecule has 3 nitrogen and oxygen atoms in total. The van der Waals surface area contributed by atoms with E-state index >= 15 is 0 Å². The minimum Gasteiger partial charge on any atom is -0.348 e. The highest BCUT2D eigenvalue weighted by atomic mass is 35.5. The third kappa shape index (κ3) is 4.41. The summed E-state index contributed by atoms with van der Waals surface area (Å²) < 4.78 is 0. The molecular formula is C14H21ClN2OS. The molecule has 1 aliphatic heterocycles. The lowest BCUT2D eigenvalue weighted by Gasteiger charge is -2.24. The van der Waals surface area contributed by atoms with Crippen LogP contribution in [-0.2, 0) is 0 Å². The first-order valence-electron chi connectivity index (χ1n) is 6.37. The fourth-order valence-electron chi connectivity index (χ4n) is 2.21. The van der Waals surface area contributed by atoms with Gasteiger partial charge in [0, 0.05) is 23.0 Å². The predicted molar refractivity (Wildman–Crippen MR) is 83.6 cm³/mol. The van der Waals surface area contributed by atoms with E-state index in [2.05, 4.69) is 16.7 Å². The van der Waals surface area contributed by atoms with Crippen molar-refractivity contribution in [1.29, 1.82) is 0 Å². The van der Waals surface area contributed by atoms with Crippen molar-refractivity contribution in [3.63, 3.8) is 0 Å². The number of benzene rings is 1. The van der Waals surface area contributed by atoms with Gasteiger partial charge < -0.3 is 10.6 Å². The van der Waals surface area contributed by atoms with Gasteiger partial charge in [-0.25, -0.2) is 0 Å². The van der Waals surface area contributed by atoms with Crippen LogP contribution in [-0.4, -0.2) is 31.3 Å². The summed E-state index contributed by atoms with van der Waals surface area (Å²) >= 11 is 1.66. The molecule has 1 atom stereocenters. The minimum atomic E-state index is 0. The van der Waals surface area contributed by atoms with E-state index in [0.717, 1.165) is 42.0 Å². The molecule has 0 spiro atoms. The quantitative estimate of drug-likeness (QED) is 0.843. The summed E-state index contributed by atoms with van der Waals surface area (Å²) in [6.45, 7) is 3.93. The van der Waals surface area contributed by atoms with Gasteiger partial charge in [-0.15, -0.1) is 24.2 Å². The molecule has 0 saturated carbocycles. The second kappa shape index (κ2) is 7.78. The van der Waals surface area contributed by atoms with Crippen molar-refractivity contribution in [2.45, 2.75) is 30.7 Å². The van der Waals surface area contributed by atoms with E-state index in [4.69, 9.17) is 0 Å². The number of carbonyl (C=O) groups is 1. The van der Waals surface area contributed by atoms with Gasteiger partial charge in [0.2, 0.25) is 0 Å². The van der Waals surface area contributed by atoms with Gasteiger partial charge in [0.15, 0.2) is 0 Å². The summed E-state index contributed by atoms with van der Waals surface area (Å²) in [5.41, 5.74) is 1.83. The highest BCUT2D eigenvalue weighted by Crippen LogP contribution is 2.19. The van der Waals surface area contributed by atoms with E-state index in [1.54, 1.807) is 11.8 Å². The Bertz CT molecular complexity index is 433. The van der Waals surface area contributed by atoms with Crippen LogP contribution in [0.15, 0.2) is 23.1 Å². The van der Waals surface area contributed by atoms with Crippen molar-refractivity contribution in [3.8, 4) is 0 Å². The van der Waals surface area contributed by atoms with Crippen molar-refractivity contribution in [2.24, 2.45) is 0 Å². The number of hydrogen-bond donors (Lipinski definition) is 2. The van der Waals surface area contributed by atoms with Crippen molar-refractivity contribution in [1.82, 2.24) is 10.6 Å². The Hall–Kier alpha value is -0.710. The summed E-state index contributed by atoms with van der Waals surface area (Å²) in [7, 11) is 0. The van der Waals surface area contributed by atoms with Gasteiger partial charge in [-0.05, 0) is 50.3 Å². The molecule has 5 heteroatoms. The van der Waals surface area contributed by atoms with Gasteiger partial charge >= 0.3 is 0 Å². The summed E-state index contributed by atoms with van der Waals surface area (Å²) in [6.07, 6.45) is 4.23. The van der Waals surface area contributed by atoms with Crippen LogP contribution < -0.4 is 10.6 Å². The third-order valence-corrected chi connectivity index (χ3v) is 4.05. The van der Waals surface area contributed by atoms with Crippen LogP contribution in [0.4, 0.5) is 0 Å². The molecule has 1 fully saturated rings.